The van der Waals surface area contributed by atoms with Crippen molar-refractivity contribution in [1.29, 1.82) is 0 Å². The second kappa shape index (κ2) is 5.95. The maximum absolute atomic E-state index is 9.77. The highest BCUT2D eigenvalue weighted by Crippen LogP contribution is 2.28. The van der Waals surface area contributed by atoms with Gasteiger partial charge in [-0.15, -0.1) is 0 Å². The lowest BCUT2D eigenvalue weighted by Gasteiger charge is -2.11. The van der Waals surface area contributed by atoms with Gasteiger partial charge in [0.05, 0.1) is 10.7 Å². The van der Waals surface area contributed by atoms with Crippen molar-refractivity contribution in [2.75, 3.05) is 5.32 Å². The minimum Gasteiger partial charge on any atom is -0.508 e. The molecule has 0 saturated carbocycles. The van der Waals surface area contributed by atoms with Crippen LogP contribution < -0.4 is 5.32 Å². The van der Waals surface area contributed by atoms with Crippen LogP contribution in [0.4, 0.5) is 5.69 Å². The van der Waals surface area contributed by atoms with Crippen LogP contribution in [0, 0.1) is 6.92 Å². The third-order valence-electron chi connectivity index (χ3n) is 3.64. The Bertz CT molecular complexity index is 876. The van der Waals surface area contributed by atoms with Crippen LogP contribution in [0.3, 0.4) is 0 Å². The van der Waals surface area contributed by atoms with E-state index in [9.17, 15) is 5.11 Å². The van der Waals surface area contributed by atoms with E-state index in [1.807, 2.05) is 55.5 Å². The lowest BCUT2D eigenvalue weighted by atomic mass is 10.0. The monoisotopic (exact) mass is 327 g/mol. The fourth-order valence-electron chi connectivity index (χ4n) is 2.37. The normalized spacial score (nSPS) is 10.6. The first-order chi connectivity index (χ1) is 10.6. The second-order valence-corrected chi connectivity index (χ2v) is 5.90. The molecule has 0 saturated heterocycles. The van der Waals surface area contributed by atoms with E-state index in [1.54, 1.807) is 6.07 Å². The fourth-order valence-corrected chi connectivity index (χ4v) is 2.79. The van der Waals surface area contributed by atoms with Crippen LogP contribution in [0.5, 0.6) is 5.75 Å². The van der Waals surface area contributed by atoms with E-state index in [2.05, 4.69) is 5.32 Å². The number of fused-ring (bicyclic) bond motifs is 1. The predicted molar refractivity (Wildman–Crippen MR) is 97.1 cm³/mol. The number of hydrogen-bond donors (Lipinski definition) is 2. The highest BCUT2D eigenvalue weighted by Gasteiger charge is 2.07. The van der Waals surface area contributed by atoms with E-state index >= 15 is 0 Å². The maximum atomic E-state index is 9.77. The number of hydrogen-bond acceptors (Lipinski definition) is 2. The predicted octanol–water partition coefficient (Wildman–Crippen LogP) is 5.29. The standard InChI is InChI=1S/C18H14ClNOS/c1-11-14-8-6-13(10-12(14)7-9-17(11)21)18(22)20-16-5-3-2-4-15(16)19/h2-10,21H,1H3,(H,20,22). The van der Waals surface area contributed by atoms with Crippen molar-refractivity contribution >= 4 is 45.3 Å². The van der Waals surface area contributed by atoms with E-state index in [0.717, 1.165) is 27.6 Å². The Morgan fingerprint density at radius 2 is 1.86 bits per heavy atom. The number of rotatable bonds is 2. The molecule has 0 aromatic heterocycles. The van der Waals surface area contributed by atoms with Crippen molar-refractivity contribution in [2.45, 2.75) is 6.92 Å². The summed E-state index contributed by atoms with van der Waals surface area (Å²) in [6.07, 6.45) is 0. The summed E-state index contributed by atoms with van der Waals surface area (Å²) in [7, 11) is 0. The molecule has 110 valence electrons. The van der Waals surface area contributed by atoms with Gasteiger partial charge in [0.2, 0.25) is 0 Å². The molecule has 0 spiro atoms. The van der Waals surface area contributed by atoms with Gasteiger partial charge >= 0.3 is 0 Å². The number of phenolic OH excluding ortho intramolecular Hbond substituents is 1. The summed E-state index contributed by atoms with van der Waals surface area (Å²) in [5.41, 5.74) is 2.57. The Morgan fingerprint density at radius 1 is 1.09 bits per heavy atom. The van der Waals surface area contributed by atoms with Crippen LogP contribution in [0.1, 0.15) is 11.1 Å². The molecule has 3 rings (SSSR count). The summed E-state index contributed by atoms with van der Waals surface area (Å²) >= 11 is 11.6. The lowest BCUT2D eigenvalue weighted by Crippen LogP contribution is -2.10. The number of thiocarbonyl (C=S) groups is 1. The van der Waals surface area contributed by atoms with Gasteiger partial charge in [0.1, 0.15) is 10.7 Å². The minimum absolute atomic E-state index is 0.303. The molecule has 0 fully saturated rings. The lowest BCUT2D eigenvalue weighted by molar-refractivity contribution is 0.472. The van der Waals surface area contributed by atoms with Gasteiger partial charge in [0, 0.05) is 5.56 Å². The van der Waals surface area contributed by atoms with E-state index in [-0.39, 0.29) is 0 Å². The van der Waals surface area contributed by atoms with Crippen molar-refractivity contribution in [1.82, 2.24) is 0 Å². The molecule has 0 bridgehead atoms. The Hall–Kier alpha value is -2.10. The Kier molecular flexibility index (Phi) is 4.01. The highest BCUT2D eigenvalue weighted by molar-refractivity contribution is 7.81. The average Bonchev–Trinajstić information content (AvgIpc) is 2.53. The van der Waals surface area contributed by atoms with Gasteiger partial charge in [-0.05, 0) is 47.5 Å². The van der Waals surface area contributed by atoms with Crippen LogP contribution >= 0.6 is 23.8 Å². The van der Waals surface area contributed by atoms with E-state index in [4.69, 9.17) is 23.8 Å². The average molecular weight is 328 g/mol. The van der Waals surface area contributed by atoms with Gasteiger partial charge in [-0.2, -0.15) is 0 Å². The minimum atomic E-state index is 0.303. The van der Waals surface area contributed by atoms with Crippen LogP contribution in [0.15, 0.2) is 54.6 Å². The maximum Gasteiger partial charge on any atom is 0.119 e. The number of phenols is 1. The molecule has 22 heavy (non-hydrogen) atoms. The molecule has 0 radical (unpaired) electrons. The molecule has 0 unspecified atom stereocenters. The van der Waals surface area contributed by atoms with Crippen molar-refractivity contribution in [3.05, 3.63) is 70.7 Å². The largest absolute Gasteiger partial charge is 0.508 e. The van der Waals surface area contributed by atoms with E-state index in [0.29, 0.717) is 15.8 Å². The Balaban J connectivity index is 1.95. The van der Waals surface area contributed by atoms with Crippen molar-refractivity contribution < 1.29 is 5.11 Å². The fraction of sp³-hybridized carbons (Fsp3) is 0.0556. The first-order valence-corrected chi connectivity index (χ1v) is 7.63. The summed E-state index contributed by atoms with van der Waals surface area (Å²) in [5.74, 6) is 0.303. The zero-order valence-electron chi connectivity index (χ0n) is 11.9. The number of anilines is 1. The van der Waals surface area contributed by atoms with Gasteiger partial charge in [-0.3, -0.25) is 0 Å². The highest BCUT2D eigenvalue weighted by atomic mass is 35.5. The van der Waals surface area contributed by atoms with E-state index < -0.39 is 0 Å². The quantitative estimate of drug-likeness (QED) is 0.627. The number of aromatic hydroxyl groups is 1. The SMILES string of the molecule is Cc1c(O)ccc2cc(C(=S)Nc3ccccc3Cl)ccc12. The number of benzene rings is 3. The molecule has 0 amide bonds. The van der Waals surface area contributed by atoms with Crippen LogP contribution in [-0.4, -0.2) is 10.1 Å². The first kappa shape index (κ1) is 14.8. The van der Waals surface area contributed by atoms with Gasteiger partial charge in [0.25, 0.3) is 0 Å². The molecule has 0 atom stereocenters. The molecule has 3 aromatic carbocycles. The molecular weight excluding hydrogens is 314 g/mol. The summed E-state index contributed by atoms with van der Waals surface area (Å²) in [6.45, 7) is 1.90. The van der Waals surface area contributed by atoms with Crippen LogP contribution in [-0.2, 0) is 0 Å². The van der Waals surface area contributed by atoms with Crippen molar-refractivity contribution in [3.63, 3.8) is 0 Å². The molecule has 2 nitrogen and oxygen atoms in total. The number of para-hydroxylation sites is 1. The second-order valence-electron chi connectivity index (χ2n) is 5.08. The summed E-state index contributed by atoms with van der Waals surface area (Å²) < 4.78 is 0. The number of halogens is 1. The molecular formula is C18H14ClNOS. The van der Waals surface area contributed by atoms with Gasteiger partial charge in [0.15, 0.2) is 0 Å². The van der Waals surface area contributed by atoms with Crippen LogP contribution in [0.25, 0.3) is 10.8 Å². The van der Waals surface area contributed by atoms with E-state index in [1.165, 1.54) is 0 Å². The smallest absolute Gasteiger partial charge is 0.119 e. The molecule has 0 aliphatic heterocycles. The van der Waals surface area contributed by atoms with Gasteiger partial charge in [-0.25, -0.2) is 0 Å². The van der Waals surface area contributed by atoms with Crippen molar-refractivity contribution in [3.8, 4) is 5.75 Å². The summed E-state index contributed by atoms with van der Waals surface area (Å²) in [6, 6.07) is 17.0. The number of aryl methyl sites for hydroxylation is 1. The van der Waals surface area contributed by atoms with Crippen LogP contribution in [0.2, 0.25) is 5.02 Å². The molecule has 0 aliphatic carbocycles. The Labute approximate surface area is 139 Å². The third kappa shape index (κ3) is 2.78. The zero-order valence-corrected chi connectivity index (χ0v) is 13.5. The zero-order chi connectivity index (χ0) is 15.7. The number of nitrogens with one attached hydrogen (secondary N) is 1. The first-order valence-electron chi connectivity index (χ1n) is 6.84. The Morgan fingerprint density at radius 3 is 2.64 bits per heavy atom. The van der Waals surface area contributed by atoms with Gasteiger partial charge in [-0.1, -0.05) is 54.2 Å². The molecule has 4 heteroatoms. The molecule has 0 heterocycles. The third-order valence-corrected chi connectivity index (χ3v) is 4.31. The molecule has 0 aliphatic rings. The topological polar surface area (TPSA) is 32.3 Å². The summed E-state index contributed by atoms with van der Waals surface area (Å²) in [4.78, 5) is 0.612. The molecule has 3 aromatic rings. The van der Waals surface area contributed by atoms with Gasteiger partial charge < -0.3 is 10.4 Å². The van der Waals surface area contributed by atoms with Crippen molar-refractivity contribution in [2.24, 2.45) is 0 Å². The molecule has 2 N–H and O–H groups in total. The summed E-state index contributed by atoms with van der Waals surface area (Å²) in [5, 5.41) is 15.6.